The highest BCUT2D eigenvalue weighted by atomic mass is 35.5. The molecule has 1 aromatic heterocycles. The van der Waals surface area contributed by atoms with E-state index in [-0.39, 0.29) is 0 Å². The van der Waals surface area contributed by atoms with E-state index in [0.29, 0.717) is 12.0 Å². The summed E-state index contributed by atoms with van der Waals surface area (Å²) in [5.41, 5.74) is 9.35. The molecule has 1 aliphatic rings. The number of hydrogen-bond acceptors (Lipinski definition) is 2. The van der Waals surface area contributed by atoms with Gasteiger partial charge in [-0.25, -0.2) is 4.98 Å². The third-order valence-electron chi connectivity index (χ3n) is 4.66. The number of nitrogens with zero attached hydrogens (tertiary/aromatic N) is 2. The lowest BCUT2D eigenvalue weighted by Crippen LogP contribution is -2.29. The normalized spacial score (nSPS) is 22.4. The monoisotopic (exact) mass is 303 g/mol. The Bertz CT molecular complexity index is 620. The van der Waals surface area contributed by atoms with E-state index in [1.165, 1.54) is 25.7 Å². The van der Waals surface area contributed by atoms with Crippen LogP contribution in [0.15, 0.2) is 30.7 Å². The van der Waals surface area contributed by atoms with Gasteiger partial charge in [0.05, 0.1) is 18.2 Å². The Balaban J connectivity index is 1.98. The van der Waals surface area contributed by atoms with Crippen molar-refractivity contribution in [3.63, 3.8) is 0 Å². The molecule has 0 amide bonds. The molecule has 3 rings (SSSR count). The van der Waals surface area contributed by atoms with E-state index in [4.69, 9.17) is 17.3 Å². The summed E-state index contributed by atoms with van der Waals surface area (Å²) in [6.07, 6.45) is 8.84. The van der Waals surface area contributed by atoms with E-state index in [9.17, 15) is 0 Å². The molecule has 1 saturated carbocycles. The topological polar surface area (TPSA) is 43.8 Å². The Kier molecular flexibility index (Phi) is 4.32. The van der Waals surface area contributed by atoms with Gasteiger partial charge in [0.1, 0.15) is 0 Å². The van der Waals surface area contributed by atoms with Crippen LogP contribution in [0, 0.1) is 12.8 Å². The first kappa shape index (κ1) is 14.6. The van der Waals surface area contributed by atoms with Crippen molar-refractivity contribution in [1.82, 2.24) is 9.55 Å². The number of benzene rings is 1. The van der Waals surface area contributed by atoms with E-state index in [2.05, 4.69) is 21.7 Å². The van der Waals surface area contributed by atoms with Gasteiger partial charge in [-0.15, -0.1) is 0 Å². The summed E-state index contributed by atoms with van der Waals surface area (Å²) < 4.78 is 2.30. The minimum absolute atomic E-state index is 0.460. The molecule has 0 spiro atoms. The maximum Gasteiger partial charge on any atom is 0.0953 e. The van der Waals surface area contributed by atoms with Crippen molar-refractivity contribution in [2.75, 3.05) is 6.54 Å². The van der Waals surface area contributed by atoms with Crippen LogP contribution < -0.4 is 5.73 Å². The summed E-state index contributed by atoms with van der Waals surface area (Å²) in [4.78, 5) is 4.37. The summed E-state index contributed by atoms with van der Waals surface area (Å²) in [5, 5.41) is 0.805. The fraction of sp³-hybridized carbons (Fsp3) is 0.471. The Morgan fingerprint density at radius 1 is 1.33 bits per heavy atom. The summed E-state index contributed by atoms with van der Waals surface area (Å²) >= 11 is 6.28. The Morgan fingerprint density at radius 2 is 2.14 bits per heavy atom. The first-order chi connectivity index (χ1) is 10.2. The van der Waals surface area contributed by atoms with Crippen LogP contribution in [0.3, 0.4) is 0 Å². The molecule has 0 bridgehead atoms. The van der Waals surface area contributed by atoms with Gasteiger partial charge in [-0.3, -0.25) is 0 Å². The highest BCUT2D eigenvalue weighted by Gasteiger charge is 2.27. The van der Waals surface area contributed by atoms with Crippen LogP contribution in [0.2, 0.25) is 5.02 Å². The van der Waals surface area contributed by atoms with Gasteiger partial charge in [-0.2, -0.15) is 0 Å². The number of hydrogen-bond donors (Lipinski definition) is 1. The van der Waals surface area contributed by atoms with Crippen LogP contribution in [0.25, 0.3) is 11.3 Å². The molecule has 1 fully saturated rings. The average Bonchev–Trinajstić information content (AvgIpc) is 2.99. The smallest absolute Gasteiger partial charge is 0.0953 e. The fourth-order valence-corrected chi connectivity index (χ4v) is 3.55. The number of halogens is 1. The van der Waals surface area contributed by atoms with Crippen molar-refractivity contribution in [2.45, 2.75) is 38.6 Å². The average molecular weight is 304 g/mol. The van der Waals surface area contributed by atoms with Crippen LogP contribution in [-0.4, -0.2) is 16.1 Å². The van der Waals surface area contributed by atoms with Crippen molar-refractivity contribution in [2.24, 2.45) is 11.7 Å². The van der Waals surface area contributed by atoms with Crippen molar-refractivity contribution < 1.29 is 0 Å². The van der Waals surface area contributed by atoms with E-state index < -0.39 is 0 Å². The summed E-state index contributed by atoms with van der Waals surface area (Å²) in [5.74, 6) is 0.549. The highest BCUT2D eigenvalue weighted by molar-refractivity contribution is 6.31. The molecular formula is C17H22ClN3. The molecule has 21 heavy (non-hydrogen) atoms. The van der Waals surface area contributed by atoms with Gasteiger partial charge >= 0.3 is 0 Å². The van der Waals surface area contributed by atoms with Gasteiger partial charge < -0.3 is 10.3 Å². The standard InChI is InChI=1S/C17H22ClN3/c1-12-6-7-13(8-15(12)18)17-10-20-11-21(17)16-5-3-2-4-14(16)9-19/h6-8,10-11,14,16H,2-5,9,19H2,1H3. The largest absolute Gasteiger partial charge is 0.330 e. The summed E-state index contributed by atoms with van der Waals surface area (Å²) in [6.45, 7) is 2.77. The molecule has 2 atom stereocenters. The quantitative estimate of drug-likeness (QED) is 0.923. The van der Waals surface area contributed by atoms with Crippen LogP contribution in [0.1, 0.15) is 37.3 Å². The second kappa shape index (κ2) is 6.20. The molecule has 3 nitrogen and oxygen atoms in total. The van der Waals surface area contributed by atoms with E-state index in [1.807, 2.05) is 25.5 Å². The van der Waals surface area contributed by atoms with Crippen LogP contribution in [-0.2, 0) is 0 Å². The molecule has 0 aliphatic heterocycles. The van der Waals surface area contributed by atoms with E-state index in [0.717, 1.165) is 28.4 Å². The van der Waals surface area contributed by atoms with E-state index in [1.54, 1.807) is 0 Å². The fourth-order valence-electron chi connectivity index (χ4n) is 3.37. The molecule has 0 saturated heterocycles. The molecule has 1 aliphatic carbocycles. The van der Waals surface area contributed by atoms with Crippen LogP contribution in [0.5, 0.6) is 0 Å². The zero-order valence-corrected chi connectivity index (χ0v) is 13.2. The predicted molar refractivity (Wildman–Crippen MR) is 87.5 cm³/mol. The Morgan fingerprint density at radius 3 is 2.90 bits per heavy atom. The van der Waals surface area contributed by atoms with Crippen molar-refractivity contribution in [3.8, 4) is 11.3 Å². The second-order valence-electron chi connectivity index (χ2n) is 6.00. The first-order valence-electron chi connectivity index (χ1n) is 7.69. The first-order valence-corrected chi connectivity index (χ1v) is 8.07. The molecule has 4 heteroatoms. The lowest BCUT2D eigenvalue weighted by molar-refractivity contribution is 0.246. The third-order valence-corrected chi connectivity index (χ3v) is 5.07. The number of aromatic nitrogens is 2. The lowest BCUT2D eigenvalue weighted by Gasteiger charge is -2.32. The van der Waals surface area contributed by atoms with Crippen LogP contribution in [0.4, 0.5) is 0 Å². The van der Waals surface area contributed by atoms with Crippen molar-refractivity contribution >= 4 is 11.6 Å². The minimum Gasteiger partial charge on any atom is -0.330 e. The van der Waals surface area contributed by atoms with Gasteiger partial charge in [0, 0.05) is 16.6 Å². The number of imidazole rings is 1. The van der Waals surface area contributed by atoms with Gasteiger partial charge in [0.25, 0.3) is 0 Å². The maximum atomic E-state index is 6.28. The molecular weight excluding hydrogens is 282 g/mol. The Labute approximate surface area is 131 Å². The summed E-state index contributed by atoms with van der Waals surface area (Å²) in [6, 6.07) is 6.68. The molecule has 112 valence electrons. The maximum absolute atomic E-state index is 6.28. The van der Waals surface area contributed by atoms with Crippen molar-refractivity contribution in [3.05, 3.63) is 41.3 Å². The second-order valence-corrected chi connectivity index (χ2v) is 6.40. The minimum atomic E-state index is 0.460. The SMILES string of the molecule is Cc1ccc(-c2cncn2C2CCCCC2CN)cc1Cl. The van der Waals surface area contributed by atoms with E-state index >= 15 is 0 Å². The van der Waals surface area contributed by atoms with Gasteiger partial charge in [0.2, 0.25) is 0 Å². The highest BCUT2D eigenvalue weighted by Crippen LogP contribution is 2.36. The van der Waals surface area contributed by atoms with Gasteiger partial charge in [-0.05, 0) is 43.9 Å². The lowest BCUT2D eigenvalue weighted by atomic mass is 9.84. The van der Waals surface area contributed by atoms with Crippen LogP contribution >= 0.6 is 11.6 Å². The molecule has 2 unspecified atom stereocenters. The Hall–Kier alpha value is -1.32. The number of nitrogens with two attached hydrogens (primary N) is 1. The number of rotatable bonds is 3. The predicted octanol–water partition coefficient (Wildman–Crippen LogP) is 4.20. The van der Waals surface area contributed by atoms with Crippen molar-refractivity contribution in [1.29, 1.82) is 0 Å². The third kappa shape index (κ3) is 2.85. The van der Waals surface area contributed by atoms with Gasteiger partial charge in [0.15, 0.2) is 0 Å². The molecule has 0 radical (unpaired) electrons. The molecule has 1 heterocycles. The van der Waals surface area contributed by atoms with Gasteiger partial charge in [-0.1, -0.05) is 36.6 Å². The molecule has 2 N–H and O–H groups in total. The summed E-state index contributed by atoms with van der Waals surface area (Å²) in [7, 11) is 0. The number of aryl methyl sites for hydroxylation is 1. The zero-order chi connectivity index (χ0) is 14.8. The molecule has 2 aromatic rings. The molecule has 1 aromatic carbocycles. The zero-order valence-electron chi connectivity index (χ0n) is 12.4.